The van der Waals surface area contributed by atoms with Crippen molar-refractivity contribution in [1.82, 2.24) is 0 Å². The number of hydrogen-bond acceptors (Lipinski definition) is 4. The number of amides is 1. The summed E-state index contributed by atoms with van der Waals surface area (Å²) in [4.78, 5) is 12.0. The molecule has 0 unspecified atom stereocenters. The first-order valence-corrected chi connectivity index (χ1v) is 7.67. The van der Waals surface area contributed by atoms with Crippen molar-refractivity contribution in [2.45, 2.75) is 6.18 Å². The van der Waals surface area contributed by atoms with Gasteiger partial charge in [-0.1, -0.05) is 17.7 Å². The van der Waals surface area contributed by atoms with Gasteiger partial charge < -0.3 is 15.4 Å². The summed E-state index contributed by atoms with van der Waals surface area (Å²) in [5.74, 6) is -0.431. The minimum absolute atomic E-state index is 0.0225. The molecule has 2 N–H and O–H groups in total. The first-order chi connectivity index (χ1) is 12.3. The Morgan fingerprint density at radius 1 is 1.23 bits per heavy atom. The molecule has 26 heavy (non-hydrogen) atoms. The first-order valence-electron chi connectivity index (χ1n) is 7.30. The molecule has 0 heterocycles. The van der Waals surface area contributed by atoms with Crippen molar-refractivity contribution in [3.63, 3.8) is 0 Å². The zero-order valence-corrected chi connectivity index (χ0v) is 14.0. The maximum Gasteiger partial charge on any atom is 0.422 e. The molecule has 2 aromatic carbocycles. The lowest BCUT2D eigenvalue weighted by Crippen LogP contribution is -2.22. The van der Waals surface area contributed by atoms with Crippen LogP contribution >= 0.6 is 11.6 Å². The molecule has 136 valence electrons. The number of nitrogens with one attached hydrogen (secondary N) is 2. The number of nitriles is 1. The predicted molar refractivity (Wildman–Crippen MR) is 91.3 cm³/mol. The molecule has 0 atom stereocenters. The number of anilines is 2. The molecular weight excluding hydrogens is 371 g/mol. The highest BCUT2D eigenvalue weighted by Crippen LogP contribution is 2.22. The van der Waals surface area contributed by atoms with Crippen LogP contribution in [0.1, 0.15) is 5.56 Å². The number of ether oxygens (including phenoxy) is 1. The van der Waals surface area contributed by atoms with Gasteiger partial charge in [0.05, 0.1) is 17.8 Å². The van der Waals surface area contributed by atoms with Crippen LogP contribution in [-0.2, 0) is 4.79 Å². The molecule has 0 aromatic heterocycles. The third kappa shape index (κ3) is 6.18. The van der Waals surface area contributed by atoms with E-state index in [1.54, 1.807) is 6.07 Å². The van der Waals surface area contributed by atoms with E-state index in [1.165, 1.54) is 36.4 Å². The Labute approximate surface area is 152 Å². The number of carbonyl (C=O) groups is 1. The Morgan fingerprint density at radius 2 is 2.00 bits per heavy atom. The van der Waals surface area contributed by atoms with E-state index in [1.807, 2.05) is 6.07 Å². The smallest absolute Gasteiger partial charge is 0.422 e. The molecule has 0 aliphatic carbocycles. The van der Waals surface area contributed by atoms with Gasteiger partial charge in [-0.3, -0.25) is 4.79 Å². The van der Waals surface area contributed by atoms with Crippen molar-refractivity contribution in [2.24, 2.45) is 0 Å². The summed E-state index contributed by atoms with van der Waals surface area (Å²) >= 11 is 5.84. The largest absolute Gasteiger partial charge is 0.484 e. The molecule has 0 spiro atoms. The van der Waals surface area contributed by atoms with Gasteiger partial charge in [0.1, 0.15) is 11.8 Å². The van der Waals surface area contributed by atoms with Crippen LogP contribution in [-0.4, -0.2) is 25.2 Å². The van der Waals surface area contributed by atoms with E-state index in [0.717, 1.165) is 0 Å². The van der Waals surface area contributed by atoms with Crippen LogP contribution in [0, 0.1) is 11.3 Å². The Hall–Kier alpha value is -2.92. The second-order valence-electron chi connectivity index (χ2n) is 5.14. The highest BCUT2D eigenvalue weighted by Gasteiger charge is 2.28. The van der Waals surface area contributed by atoms with E-state index in [4.69, 9.17) is 16.9 Å². The summed E-state index contributed by atoms with van der Waals surface area (Å²) < 4.78 is 41.1. The molecule has 0 saturated heterocycles. The molecule has 0 fully saturated rings. The van der Waals surface area contributed by atoms with Gasteiger partial charge in [0.15, 0.2) is 6.61 Å². The zero-order chi connectivity index (χ0) is 19.2. The summed E-state index contributed by atoms with van der Waals surface area (Å²) in [5, 5.41) is 14.7. The maximum atomic E-state index is 12.2. The van der Waals surface area contributed by atoms with E-state index < -0.39 is 18.7 Å². The van der Waals surface area contributed by atoms with Crippen LogP contribution in [0.25, 0.3) is 0 Å². The molecule has 0 saturated carbocycles. The molecule has 0 bridgehead atoms. The lowest BCUT2D eigenvalue weighted by molar-refractivity contribution is -0.153. The number of rotatable bonds is 6. The van der Waals surface area contributed by atoms with Crippen molar-refractivity contribution in [2.75, 3.05) is 23.8 Å². The van der Waals surface area contributed by atoms with Crippen LogP contribution in [0.5, 0.6) is 5.75 Å². The van der Waals surface area contributed by atoms with Crippen molar-refractivity contribution < 1.29 is 22.7 Å². The molecule has 5 nitrogen and oxygen atoms in total. The van der Waals surface area contributed by atoms with Crippen LogP contribution in [0.2, 0.25) is 5.02 Å². The minimum atomic E-state index is -4.43. The average molecular weight is 384 g/mol. The van der Waals surface area contributed by atoms with Crippen molar-refractivity contribution in [1.29, 1.82) is 5.26 Å². The Morgan fingerprint density at radius 3 is 2.69 bits per heavy atom. The highest BCUT2D eigenvalue weighted by atomic mass is 35.5. The fourth-order valence-electron chi connectivity index (χ4n) is 1.96. The van der Waals surface area contributed by atoms with Gasteiger partial charge in [0.25, 0.3) is 0 Å². The lowest BCUT2D eigenvalue weighted by Gasteiger charge is -2.12. The van der Waals surface area contributed by atoms with E-state index in [9.17, 15) is 18.0 Å². The molecule has 2 aromatic rings. The molecule has 0 aliphatic heterocycles. The molecule has 1 amide bonds. The van der Waals surface area contributed by atoms with Crippen LogP contribution in [0.3, 0.4) is 0 Å². The molecule has 9 heteroatoms. The summed E-state index contributed by atoms with van der Waals surface area (Å²) in [6, 6.07) is 12.2. The van der Waals surface area contributed by atoms with Gasteiger partial charge in [0.2, 0.25) is 5.91 Å². The summed E-state index contributed by atoms with van der Waals surface area (Å²) in [6.45, 7) is -1.57. The van der Waals surface area contributed by atoms with E-state index in [0.29, 0.717) is 10.7 Å². The predicted octanol–water partition coefficient (Wildman–Crippen LogP) is 4.20. The van der Waals surface area contributed by atoms with Gasteiger partial charge in [0, 0.05) is 16.8 Å². The second-order valence-corrected chi connectivity index (χ2v) is 5.57. The van der Waals surface area contributed by atoms with Crippen molar-refractivity contribution in [3.8, 4) is 11.8 Å². The fourth-order valence-corrected chi connectivity index (χ4v) is 2.13. The SMILES string of the molecule is N#Cc1ccc(Cl)cc1NC(=O)CNc1cccc(OCC(F)(F)F)c1. The van der Waals surface area contributed by atoms with Crippen LogP contribution in [0.15, 0.2) is 42.5 Å². The third-order valence-electron chi connectivity index (χ3n) is 3.07. The maximum absolute atomic E-state index is 12.2. The standard InChI is InChI=1S/C17H13ClF3N3O2/c18-12-5-4-11(8-22)15(6-12)24-16(25)9-23-13-2-1-3-14(7-13)26-10-17(19,20)21/h1-7,23H,9-10H2,(H,24,25). The molecule has 0 radical (unpaired) electrons. The van der Waals surface area contributed by atoms with E-state index in [2.05, 4.69) is 15.4 Å². The highest BCUT2D eigenvalue weighted by molar-refractivity contribution is 6.31. The zero-order valence-electron chi connectivity index (χ0n) is 13.2. The quantitative estimate of drug-likeness (QED) is 0.784. The van der Waals surface area contributed by atoms with Crippen LogP contribution in [0.4, 0.5) is 24.5 Å². The molecule has 0 aliphatic rings. The second kappa shape index (κ2) is 8.45. The Kier molecular flexibility index (Phi) is 6.31. The van der Waals surface area contributed by atoms with Gasteiger partial charge >= 0.3 is 6.18 Å². The molecule has 2 rings (SSSR count). The number of halogens is 4. The normalized spacial score (nSPS) is 10.7. The van der Waals surface area contributed by atoms with Gasteiger partial charge in [-0.25, -0.2) is 0 Å². The van der Waals surface area contributed by atoms with Crippen LogP contribution < -0.4 is 15.4 Å². The summed E-state index contributed by atoms with van der Waals surface area (Å²) in [6.07, 6.45) is -4.43. The van der Waals surface area contributed by atoms with Crippen molar-refractivity contribution in [3.05, 3.63) is 53.1 Å². The lowest BCUT2D eigenvalue weighted by atomic mass is 10.2. The Balaban J connectivity index is 1.94. The first kappa shape index (κ1) is 19.4. The summed E-state index contributed by atoms with van der Waals surface area (Å²) in [5.41, 5.74) is 0.936. The number of alkyl halides is 3. The van der Waals surface area contributed by atoms with E-state index in [-0.39, 0.29) is 23.5 Å². The molecular formula is C17H13ClF3N3O2. The average Bonchev–Trinajstić information content (AvgIpc) is 2.58. The number of carbonyl (C=O) groups excluding carboxylic acids is 1. The summed E-state index contributed by atoms with van der Waals surface area (Å²) in [7, 11) is 0. The Bertz CT molecular complexity index is 835. The topological polar surface area (TPSA) is 74.2 Å². The monoisotopic (exact) mass is 383 g/mol. The number of benzene rings is 2. The van der Waals surface area contributed by atoms with Crippen molar-refractivity contribution >= 4 is 28.9 Å². The minimum Gasteiger partial charge on any atom is -0.484 e. The van der Waals surface area contributed by atoms with Gasteiger partial charge in [-0.2, -0.15) is 18.4 Å². The van der Waals surface area contributed by atoms with E-state index >= 15 is 0 Å². The number of hydrogen-bond donors (Lipinski definition) is 2. The third-order valence-corrected chi connectivity index (χ3v) is 3.30. The van der Waals surface area contributed by atoms with Gasteiger partial charge in [-0.05, 0) is 30.3 Å². The fraction of sp³-hybridized carbons (Fsp3) is 0.176. The van der Waals surface area contributed by atoms with Gasteiger partial charge in [-0.15, -0.1) is 0 Å². The number of nitrogens with zero attached hydrogens (tertiary/aromatic N) is 1.